The molecule has 188 valence electrons. The molecule has 0 bridgehead atoms. The number of carbonyl (C=O) groups excluding carboxylic acids is 4. The summed E-state index contributed by atoms with van der Waals surface area (Å²) in [5.41, 5.74) is 11.2. The van der Waals surface area contributed by atoms with Crippen LogP contribution in [-0.2, 0) is 24.0 Å². The van der Waals surface area contributed by atoms with Gasteiger partial charge in [-0.2, -0.15) is 0 Å². The number of nitrogens with one attached hydrogen (secondary N) is 2. The van der Waals surface area contributed by atoms with Crippen LogP contribution in [0.25, 0.3) is 0 Å². The predicted molar refractivity (Wildman–Crippen MR) is 122 cm³/mol. The van der Waals surface area contributed by atoms with E-state index < -0.39 is 53.8 Å². The van der Waals surface area contributed by atoms with Gasteiger partial charge in [-0.1, -0.05) is 34.1 Å². The van der Waals surface area contributed by atoms with Crippen molar-refractivity contribution in [3.05, 3.63) is 0 Å². The lowest BCUT2D eigenvalue weighted by atomic mass is 9.98. The van der Waals surface area contributed by atoms with E-state index in [1.54, 1.807) is 0 Å². The summed E-state index contributed by atoms with van der Waals surface area (Å²) >= 11 is 0. The molecule has 0 aliphatic carbocycles. The minimum absolute atomic E-state index is 0.0302. The lowest BCUT2D eigenvalue weighted by Gasteiger charge is -2.30. The molecule has 5 atom stereocenters. The van der Waals surface area contributed by atoms with Crippen LogP contribution in [0.1, 0.15) is 66.2 Å². The third-order valence-electron chi connectivity index (χ3n) is 6.01. The van der Waals surface area contributed by atoms with Crippen LogP contribution in [0.15, 0.2) is 0 Å². The number of hydrogen-bond donors (Lipinski definition) is 5. The van der Waals surface area contributed by atoms with E-state index in [1.807, 2.05) is 27.7 Å². The number of carbonyl (C=O) groups is 5. The highest BCUT2D eigenvalue weighted by molar-refractivity contribution is 5.94. The molecular formula is C22H39N5O6. The van der Waals surface area contributed by atoms with Crippen molar-refractivity contribution in [1.82, 2.24) is 15.5 Å². The highest BCUT2D eigenvalue weighted by Crippen LogP contribution is 2.20. The lowest BCUT2D eigenvalue weighted by molar-refractivity contribution is -0.149. The molecule has 1 fully saturated rings. The Morgan fingerprint density at radius 1 is 1.06 bits per heavy atom. The first-order chi connectivity index (χ1) is 15.4. The summed E-state index contributed by atoms with van der Waals surface area (Å²) in [6.45, 7) is 7.76. The second-order valence-corrected chi connectivity index (χ2v) is 9.20. The summed E-state index contributed by atoms with van der Waals surface area (Å²) in [6, 6.07) is -3.85. The lowest BCUT2D eigenvalue weighted by Crippen LogP contribution is -2.58. The number of hydrogen-bond acceptors (Lipinski definition) is 6. The summed E-state index contributed by atoms with van der Waals surface area (Å²) in [6.07, 6.45) is 1.68. The Balaban J connectivity index is 3.03. The molecule has 0 aromatic heterocycles. The highest BCUT2D eigenvalue weighted by Gasteiger charge is 2.38. The van der Waals surface area contributed by atoms with E-state index in [1.165, 1.54) is 4.90 Å². The Morgan fingerprint density at radius 3 is 2.18 bits per heavy atom. The van der Waals surface area contributed by atoms with Crippen LogP contribution in [0.5, 0.6) is 0 Å². The fraction of sp³-hybridized carbons (Fsp3) is 0.773. The molecule has 33 heavy (non-hydrogen) atoms. The fourth-order valence-electron chi connectivity index (χ4n) is 3.79. The molecule has 11 nitrogen and oxygen atoms in total. The van der Waals surface area contributed by atoms with Gasteiger partial charge in [0, 0.05) is 13.0 Å². The van der Waals surface area contributed by atoms with E-state index in [9.17, 15) is 29.1 Å². The van der Waals surface area contributed by atoms with Gasteiger partial charge in [0.25, 0.3) is 0 Å². The maximum atomic E-state index is 13.1. The number of rotatable bonds is 13. The van der Waals surface area contributed by atoms with Gasteiger partial charge in [-0.15, -0.1) is 0 Å². The number of carboxylic acids is 1. The molecule has 1 aliphatic rings. The van der Waals surface area contributed by atoms with E-state index in [0.717, 1.165) is 0 Å². The zero-order chi connectivity index (χ0) is 25.3. The quantitative estimate of drug-likeness (QED) is 0.245. The molecule has 0 radical (unpaired) electrons. The van der Waals surface area contributed by atoms with Gasteiger partial charge in [-0.25, -0.2) is 4.79 Å². The molecule has 1 saturated heterocycles. The first-order valence-electron chi connectivity index (χ1n) is 11.6. The van der Waals surface area contributed by atoms with Crippen molar-refractivity contribution in [2.75, 3.05) is 6.54 Å². The molecule has 11 heteroatoms. The Hall–Kier alpha value is -2.69. The predicted octanol–water partition coefficient (Wildman–Crippen LogP) is -0.283. The average Bonchev–Trinajstić information content (AvgIpc) is 3.23. The summed E-state index contributed by atoms with van der Waals surface area (Å²) in [7, 11) is 0. The first-order valence-corrected chi connectivity index (χ1v) is 11.6. The van der Waals surface area contributed by atoms with Crippen molar-refractivity contribution in [2.45, 2.75) is 90.4 Å². The van der Waals surface area contributed by atoms with E-state index in [2.05, 4.69) is 10.6 Å². The van der Waals surface area contributed by atoms with E-state index >= 15 is 0 Å². The second kappa shape index (κ2) is 13.1. The molecule has 1 rings (SSSR count). The normalized spacial score (nSPS) is 19.5. The van der Waals surface area contributed by atoms with E-state index in [4.69, 9.17) is 11.5 Å². The van der Waals surface area contributed by atoms with Gasteiger partial charge in [0.2, 0.25) is 23.6 Å². The van der Waals surface area contributed by atoms with E-state index in [-0.39, 0.29) is 31.1 Å². The summed E-state index contributed by atoms with van der Waals surface area (Å²) < 4.78 is 0. The van der Waals surface area contributed by atoms with Crippen LogP contribution in [-0.4, -0.2) is 70.3 Å². The molecule has 0 aromatic rings. The molecule has 1 heterocycles. The Labute approximate surface area is 195 Å². The number of nitrogens with zero attached hydrogens (tertiary/aromatic N) is 1. The van der Waals surface area contributed by atoms with Gasteiger partial charge in [-0.3, -0.25) is 19.2 Å². The largest absolute Gasteiger partial charge is 0.480 e. The molecular weight excluding hydrogens is 430 g/mol. The van der Waals surface area contributed by atoms with Crippen LogP contribution in [0.2, 0.25) is 0 Å². The van der Waals surface area contributed by atoms with Gasteiger partial charge >= 0.3 is 5.97 Å². The fourth-order valence-corrected chi connectivity index (χ4v) is 3.79. The molecule has 1 aliphatic heterocycles. The summed E-state index contributed by atoms with van der Waals surface area (Å²) in [4.78, 5) is 62.9. The second-order valence-electron chi connectivity index (χ2n) is 9.20. The molecule has 0 aromatic carbocycles. The van der Waals surface area contributed by atoms with Crippen molar-refractivity contribution < 1.29 is 29.1 Å². The van der Waals surface area contributed by atoms with Crippen LogP contribution in [0, 0.1) is 11.8 Å². The zero-order valence-corrected chi connectivity index (χ0v) is 20.0. The third kappa shape index (κ3) is 8.64. The van der Waals surface area contributed by atoms with Crippen LogP contribution < -0.4 is 22.1 Å². The van der Waals surface area contributed by atoms with Crippen molar-refractivity contribution in [3.8, 4) is 0 Å². The standard InChI is InChI=1S/C22H39N5O6/c1-5-13(4)18(24)20(30)25-14(8-9-17(23)28)19(29)26-15(11-12(2)3)21(31)27-10-6-7-16(27)22(32)33/h12-16,18H,5-11,24H2,1-4H3,(H2,23,28)(H,25,30)(H,26,29)(H,32,33). The number of amides is 4. The van der Waals surface area contributed by atoms with Crippen molar-refractivity contribution in [2.24, 2.45) is 23.3 Å². The Bertz CT molecular complexity index is 728. The number of aliphatic carboxylic acids is 1. The molecule has 4 amide bonds. The number of nitrogens with two attached hydrogens (primary N) is 2. The number of primary amides is 1. The van der Waals surface area contributed by atoms with Crippen molar-refractivity contribution in [1.29, 1.82) is 0 Å². The number of likely N-dealkylation sites (tertiary alicyclic amines) is 1. The smallest absolute Gasteiger partial charge is 0.326 e. The summed E-state index contributed by atoms with van der Waals surface area (Å²) in [5, 5.41) is 14.7. The third-order valence-corrected chi connectivity index (χ3v) is 6.01. The Morgan fingerprint density at radius 2 is 1.67 bits per heavy atom. The van der Waals surface area contributed by atoms with Gasteiger partial charge < -0.3 is 32.1 Å². The van der Waals surface area contributed by atoms with Crippen LogP contribution >= 0.6 is 0 Å². The maximum Gasteiger partial charge on any atom is 0.326 e. The minimum Gasteiger partial charge on any atom is -0.480 e. The van der Waals surface area contributed by atoms with Gasteiger partial charge in [0.15, 0.2) is 0 Å². The van der Waals surface area contributed by atoms with Crippen molar-refractivity contribution >= 4 is 29.6 Å². The molecule has 5 unspecified atom stereocenters. The zero-order valence-electron chi connectivity index (χ0n) is 20.0. The summed E-state index contributed by atoms with van der Waals surface area (Å²) in [5.74, 6) is -3.47. The van der Waals surface area contributed by atoms with Crippen LogP contribution in [0.3, 0.4) is 0 Å². The monoisotopic (exact) mass is 469 g/mol. The molecule has 0 spiro atoms. The maximum absolute atomic E-state index is 13.1. The SMILES string of the molecule is CCC(C)C(N)C(=O)NC(CCC(N)=O)C(=O)NC(CC(C)C)C(=O)N1CCCC1C(=O)O. The minimum atomic E-state index is -1.11. The average molecular weight is 470 g/mol. The van der Waals surface area contributed by atoms with E-state index in [0.29, 0.717) is 25.8 Å². The first kappa shape index (κ1) is 28.3. The molecule has 7 N–H and O–H groups in total. The Kier molecular flexibility index (Phi) is 11.3. The van der Waals surface area contributed by atoms with Gasteiger partial charge in [0.1, 0.15) is 18.1 Å². The highest BCUT2D eigenvalue weighted by atomic mass is 16.4. The van der Waals surface area contributed by atoms with Gasteiger partial charge in [-0.05, 0) is 37.5 Å². The molecule has 0 saturated carbocycles. The van der Waals surface area contributed by atoms with Crippen molar-refractivity contribution in [3.63, 3.8) is 0 Å². The van der Waals surface area contributed by atoms with Crippen LogP contribution in [0.4, 0.5) is 0 Å². The van der Waals surface area contributed by atoms with Gasteiger partial charge in [0.05, 0.1) is 6.04 Å². The number of carboxylic acid groups (broad SMARTS) is 1. The topological polar surface area (TPSA) is 185 Å².